The van der Waals surface area contributed by atoms with E-state index in [1.54, 1.807) is 6.20 Å². The maximum atomic E-state index is 9.51. The molecule has 0 saturated carbocycles. The number of nitrogens with zero attached hydrogens (tertiary/aromatic N) is 2. The maximum absolute atomic E-state index is 9.51. The van der Waals surface area contributed by atoms with Crippen molar-refractivity contribution in [2.45, 2.75) is 13.8 Å². The van der Waals surface area contributed by atoms with Crippen molar-refractivity contribution in [3.63, 3.8) is 0 Å². The Morgan fingerprint density at radius 2 is 2.08 bits per heavy atom. The lowest BCUT2D eigenvalue weighted by atomic mass is 10.1. The minimum Gasteiger partial charge on any atom is -0.385 e. The molecule has 0 bridgehead atoms. The van der Waals surface area contributed by atoms with E-state index in [1.807, 2.05) is 43.3 Å². The Kier molecular flexibility index (Phi) is 4.55. The average molecular weight is 326 g/mol. The van der Waals surface area contributed by atoms with E-state index in [2.05, 4.69) is 34.5 Å². The molecular weight excluding hydrogens is 308 g/mol. The summed E-state index contributed by atoms with van der Waals surface area (Å²) in [6.45, 7) is 4.92. The van der Waals surface area contributed by atoms with E-state index in [4.69, 9.17) is 6.42 Å². The molecule has 0 saturated heterocycles. The van der Waals surface area contributed by atoms with Crippen LogP contribution in [-0.2, 0) is 0 Å². The lowest BCUT2D eigenvalue weighted by Gasteiger charge is -2.15. The fourth-order valence-corrected chi connectivity index (χ4v) is 2.77. The molecule has 0 spiro atoms. The van der Waals surface area contributed by atoms with Crippen LogP contribution in [0.3, 0.4) is 0 Å². The van der Waals surface area contributed by atoms with Gasteiger partial charge in [-0.25, -0.2) is 0 Å². The molecule has 0 fully saturated rings. The van der Waals surface area contributed by atoms with Crippen molar-refractivity contribution in [3.05, 3.63) is 59.3 Å². The van der Waals surface area contributed by atoms with Gasteiger partial charge in [0.1, 0.15) is 6.07 Å². The summed E-state index contributed by atoms with van der Waals surface area (Å²) in [5.74, 6) is 2.62. The quantitative estimate of drug-likeness (QED) is 0.689. The zero-order valence-electron chi connectivity index (χ0n) is 14.2. The number of terminal acetylenes is 1. The summed E-state index contributed by atoms with van der Waals surface area (Å²) >= 11 is 0. The summed E-state index contributed by atoms with van der Waals surface area (Å²) in [5.41, 5.74) is 5.84. The van der Waals surface area contributed by atoms with Gasteiger partial charge in [-0.15, -0.1) is 6.42 Å². The predicted molar refractivity (Wildman–Crippen MR) is 103 cm³/mol. The predicted octanol–water partition coefficient (Wildman–Crippen LogP) is 4.57. The van der Waals surface area contributed by atoms with E-state index < -0.39 is 0 Å². The van der Waals surface area contributed by atoms with Crippen LogP contribution in [0.1, 0.15) is 23.6 Å². The average Bonchev–Trinajstić information content (AvgIpc) is 2.63. The van der Waals surface area contributed by atoms with Crippen molar-refractivity contribution in [3.8, 4) is 18.4 Å². The second-order valence-electron chi connectivity index (χ2n) is 5.72. The van der Waals surface area contributed by atoms with Gasteiger partial charge in [0.15, 0.2) is 0 Å². The summed E-state index contributed by atoms with van der Waals surface area (Å²) in [7, 11) is 0. The lowest BCUT2D eigenvalue weighted by Crippen LogP contribution is -2.01. The lowest BCUT2D eigenvalue weighted by molar-refractivity contribution is 1.20. The zero-order chi connectivity index (χ0) is 17.8. The van der Waals surface area contributed by atoms with Crippen LogP contribution < -0.4 is 10.6 Å². The maximum Gasteiger partial charge on any atom is 0.103 e. The Morgan fingerprint density at radius 1 is 1.24 bits per heavy atom. The van der Waals surface area contributed by atoms with Gasteiger partial charge in [-0.1, -0.05) is 12.0 Å². The summed E-state index contributed by atoms with van der Waals surface area (Å²) in [4.78, 5) is 4.43. The van der Waals surface area contributed by atoms with Crippen LogP contribution in [0, 0.1) is 30.6 Å². The Bertz CT molecular complexity index is 1020. The molecule has 1 aromatic heterocycles. The molecule has 2 aromatic carbocycles. The number of aromatic nitrogens is 1. The van der Waals surface area contributed by atoms with E-state index >= 15 is 0 Å². The Labute approximate surface area is 147 Å². The van der Waals surface area contributed by atoms with Gasteiger partial charge in [-0.2, -0.15) is 5.26 Å². The van der Waals surface area contributed by atoms with Crippen LogP contribution in [-0.4, -0.2) is 11.5 Å². The molecule has 25 heavy (non-hydrogen) atoms. The Morgan fingerprint density at radius 3 is 2.80 bits per heavy atom. The fourth-order valence-electron chi connectivity index (χ4n) is 2.77. The number of fused-ring (bicyclic) bond motifs is 1. The van der Waals surface area contributed by atoms with Gasteiger partial charge in [0.2, 0.25) is 0 Å². The van der Waals surface area contributed by atoms with Gasteiger partial charge >= 0.3 is 0 Å². The molecule has 0 unspecified atom stereocenters. The van der Waals surface area contributed by atoms with E-state index in [-0.39, 0.29) is 0 Å². The van der Waals surface area contributed by atoms with E-state index in [1.165, 1.54) is 0 Å². The first-order valence-electron chi connectivity index (χ1n) is 8.07. The minimum atomic E-state index is 0.491. The van der Waals surface area contributed by atoms with Gasteiger partial charge in [0, 0.05) is 35.1 Å². The van der Waals surface area contributed by atoms with Gasteiger partial charge in [0.05, 0.1) is 16.8 Å². The Balaban J connectivity index is 2.18. The SMILES string of the molecule is C#Cc1cccc(Nc2c(C#N)cnc3cc(C)c(NCC)cc23)c1. The highest BCUT2D eigenvalue weighted by molar-refractivity contribution is 5.98. The fraction of sp³-hybridized carbons (Fsp3) is 0.143. The van der Waals surface area contributed by atoms with Gasteiger partial charge in [-0.3, -0.25) is 4.98 Å². The number of nitriles is 1. The highest BCUT2D eigenvalue weighted by Crippen LogP contribution is 2.32. The van der Waals surface area contributed by atoms with Crippen LogP contribution in [0.4, 0.5) is 17.1 Å². The second kappa shape index (κ2) is 6.95. The highest BCUT2D eigenvalue weighted by atomic mass is 14.9. The van der Waals surface area contributed by atoms with Crippen molar-refractivity contribution in [1.82, 2.24) is 4.98 Å². The monoisotopic (exact) mass is 326 g/mol. The molecule has 0 amide bonds. The number of aryl methyl sites for hydroxylation is 1. The zero-order valence-corrected chi connectivity index (χ0v) is 14.2. The molecule has 122 valence electrons. The molecule has 0 aliphatic heterocycles. The molecule has 1 heterocycles. The van der Waals surface area contributed by atoms with E-state index in [0.29, 0.717) is 5.56 Å². The third-order valence-corrected chi connectivity index (χ3v) is 4.00. The minimum absolute atomic E-state index is 0.491. The van der Waals surface area contributed by atoms with Crippen molar-refractivity contribution < 1.29 is 0 Å². The molecule has 0 aliphatic carbocycles. The van der Waals surface area contributed by atoms with Gasteiger partial charge < -0.3 is 10.6 Å². The molecule has 0 radical (unpaired) electrons. The van der Waals surface area contributed by atoms with Crippen molar-refractivity contribution in [1.29, 1.82) is 5.26 Å². The van der Waals surface area contributed by atoms with E-state index in [0.717, 1.165) is 45.6 Å². The largest absolute Gasteiger partial charge is 0.385 e. The molecular formula is C21H18N4. The third kappa shape index (κ3) is 3.24. The molecule has 3 aromatic rings. The molecule has 3 rings (SSSR count). The van der Waals surface area contributed by atoms with Crippen LogP contribution >= 0.6 is 0 Å². The summed E-state index contributed by atoms with van der Waals surface area (Å²) in [6, 6.07) is 13.8. The first kappa shape index (κ1) is 16.4. The standard InChI is InChI=1S/C21H18N4/c1-4-15-7-6-8-17(10-15)25-21-16(12-22)13-24-20-9-14(3)19(23-5-2)11-18(20)21/h1,6-11,13,23H,5H2,2-3H3,(H,24,25). The second-order valence-corrected chi connectivity index (χ2v) is 5.72. The Hall–Kier alpha value is -3.50. The first-order valence-corrected chi connectivity index (χ1v) is 8.07. The summed E-state index contributed by atoms with van der Waals surface area (Å²) < 4.78 is 0. The van der Waals surface area contributed by atoms with Crippen molar-refractivity contribution in [2.24, 2.45) is 0 Å². The number of anilines is 3. The summed E-state index contributed by atoms with van der Waals surface area (Å²) in [5, 5.41) is 17.1. The number of benzene rings is 2. The van der Waals surface area contributed by atoms with Crippen LogP contribution in [0.15, 0.2) is 42.6 Å². The first-order chi connectivity index (χ1) is 12.2. The number of hydrogen-bond acceptors (Lipinski definition) is 4. The number of nitrogens with one attached hydrogen (secondary N) is 2. The van der Waals surface area contributed by atoms with E-state index in [9.17, 15) is 5.26 Å². The summed E-state index contributed by atoms with van der Waals surface area (Å²) in [6.07, 6.45) is 7.08. The van der Waals surface area contributed by atoms with Crippen LogP contribution in [0.25, 0.3) is 10.9 Å². The third-order valence-electron chi connectivity index (χ3n) is 4.00. The van der Waals surface area contributed by atoms with Crippen LogP contribution in [0.2, 0.25) is 0 Å². The molecule has 2 N–H and O–H groups in total. The highest BCUT2D eigenvalue weighted by Gasteiger charge is 2.12. The number of rotatable bonds is 4. The normalized spacial score (nSPS) is 10.1. The molecule has 4 nitrogen and oxygen atoms in total. The number of hydrogen-bond donors (Lipinski definition) is 2. The molecule has 4 heteroatoms. The van der Waals surface area contributed by atoms with Crippen LogP contribution in [0.5, 0.6) is 0 Å². The molecule has 0 aliphatic rings. The van der Waals surface area contributed by atoms with Crippen molar-refractivity contribution >= 4 is 28.0 Å². The smallest absolute Gasteiger partial charge is 0.103 e. The van der Waals surface area contributed by atoms with Gasteiger partial charge in [-0.05, 0) is 49.7 Å². The number of pyridine rings is 1. The van der Waals surface area contributed by atoms with Crippen molar-refractivity contribution in [2.75, 3.05) is 17.2 Å². The topological polar surface area (TPSA) is 60.7 Å². The van der Waals surface area contributed by atoms with Gasteiger partial charge in [0.25, 0.3) is 0 Å². The molecule has 0 atom stereocenters.